The van der Waals surface area contributed by atoms with Crippen LogP contribution >= 0.6 is 15.9 Å². The molecule has 0 aliphatic rings. The van der Waals surface area contributed by atoms with E-state index in [1.165, 1.54) is 0 Å². The van der Waals surface area contributed by atoms with Crippen LogP contribution in [0.5, 0.6) is 11.5 Å². The van der Waals surface area contributed by atoms with Crippen molar-refractivity contribution in [1.29, 1.82) is 0 Å². The molecule has 0 amide bonds. The Morgan fingerprint density at radius 3 is 2.00 bits per heavy atom. The topological polar surface area (TPSA) is 38.7 Å². The van der Waals surface area contributed by atoms with Crippen molar-refractivity contribution in [3.8, 4) is 11.5 Å². The second kappa shape index (κ2) is 6.50. The van der Waals surface area contributed by atoms with E-state index in [0.29, 0.717) is 23.5 Å². The number of aliphatic hydroxyl groups is 1. The molecule has 3 nitrogen and oxygen atoms in total. The first-order valence-electron chi connectivity index (χ1n) is 6.66. The Balaban J connectivity index is 2.40. The lowest BCUT2D eigenvalue weighted by Crippen LogP contribution is -2.25. The van der Waals surface area contributed by atoms with Gasteiger partial charge >= 0.3 is 0 Å². The molecule has 0 aliphatic carbocycles. The summed E-state index contributed by atoms with van der Waals surface area (Å²) in [4.78, 5) is 0. The Bertz CT molecular complexity index is 584. The predicted molar refractivity (Wildman–Crippen MR) is 87.0 cm³/mol. The predicted octanol–water partition coefficient (Wildman–Crippen LogP) is 3.92. The third-order valence-corrected chi connectivity index (χ3v) is 3.96. The van der Waals surface area contributed by atoms with Gasteiger partial charge in [-0.25, -0.2) is 0 Å². The number of methoxy groups -OCH3 is 2. The smallest absolute Gasteiger partial charge is 0.128 e. The molecular formula is C17H19BrO3. The molecule has 0 fully saturated rings. The van der Waals surface area contributed by atoms with Gasteiger partial charge in [-0.2, -0.15) is 0 Å². The highest BCUT2D eigenvalue weighted by atomic mass is 79.9. The highest BCUT2D eigenvalue weighted by Crippen LogP contribution is 2.39. The molecule has 0 aromatic heterocycles. The molecule has 1 N–H and O–H groups in total. The maximum Gasteiger partial charge on any atom is 0.128 e. The van der Waals surface area contributed by atoms with Crippen LogP contribution in [0.25, 0.3) is 0 Å². The largest absolute Gasteiger partial charge is 0.496 e. The third kappa shape index (κ3) is 3.57. The molecule has 112 valence electrons. The Labute approximate surface area is 133 Å². The van der Waals surface area contributed by atoms with Crippen molar-refractivity contribution < 1.29 is 14.6 Å². The summed E-state index contributed by atoms with van der Waals surface area (Å²) in [7, 11) is 3.18. The maximum absolute atomic E-state index is 11.0. The van der Waals surface area contributed by atoms with Gasteiger partial charge in [0, 0.05) is 10.9 Å². The van der Waals surface area contributed by atoms with Crippen LogP contribution < -0.4 is 9.47 Å². The van der Waals surface area contributed by atoms with Gasteiger partial charge in [0.15, 0.2) is 0 Å². The molecule has 0 heterocycles. The molecule has 1 atom stereocenters. The van der Waals surface area contributed by atoms with Crippen LogP contribution in [0.15, 0.2) is 46.9 Å². The first-order chi connectivity index (χ1) is 9.97. The molecular weight excluding hydrogens is 332 g/mol. The van der Waals surface area contributed by atoms with Crippen LogP contribution in [0.4, 0.5) is 0 Å². The number of hydrogen-bond donors (Lipinski definition) is 1. The SMILES string of the molecule is COc1cccc(OC)c1C(C)(O)Cc1ccc(Br)cc1. The number of ether oxygens (including phenoxy) is 2. The molecule has 2 rings (SSSR count). The van der Waals surface area contributed by atoms with Crippen molar-refractivity contribution in [2.75, 3.05) is 14.2 Å². The summed E-state index contributed by atoms with van der Waals surface area (Å²) in [5.74, 6) is 1.24. The monoisotopic (exact) mass is 350 g/mol. The molecule has 1 unspecified atom stereocenters. The van der Waals surface area contributed by atoms with E-state index in [1.807, 2.05) is 42.5 Å². The Morgan fingerprint density at radius 1 is 1.00 bits per heavy atom. The molecule has 2 aromatic rings. The van der Waals surface area contributed by atoms with Crippen molar-refractivity contribution in [3.05, 3.63) is 58.1 Å². The van der Waals surface area contributed by atoms with Crippen LogP contribution in [0, 0.1) is 0 Å². The third-order valence-electron chi connectivity index (χ3n) is 3.43. The fourth-order valence-electron chi connectivity index (χ4n) is 2.47. The van der Waals surface area contributed by atoms with Gasteiger partial charge in [-0.1, -0.05) is 34.1 Å². The molecule has 0 bridgehead atoms. The lowest BCUT2D eigenvalue weighted by Gasteiger charge is -2.27. The van der Waals surface area contributed by atoms with Crippen LogP contribution in [-0.4, -0.2) is 19.3 Å². The number of hydrogen-bond acceptors (Lipinski definition) is 3. The Hall–Kier alpha value is -1.52. The minimum Gasteiger partial charge on any atom is -0.496 e. The Morgan fingerprint density at radius 2 is 1.52 bits per heavy atom. The molecule has 0 saturated heterocycles. The van der Waals surface area contributed by atoms with Gasteiger partial charge in [-0.05, 0) is 36.8 Å². The van der Waals surface area contributed by atoms with E-state index >= 15 is 0 Å². The average molecular weight is 351 g/mol. The van der Waals surface area contributed by atoms with Crippen LogP contribution in [0.1, 0.15) is 18.1 Å². The van der Waals surface area contributed by atoms with Crippen molar-refractivity contribution in [1.82, 2.24) is 0 Å². The molecule has 0 aliphatic heterocycles. The quantitative estimate of drug-likeness (QED) is 0.888. The number of halogens is 1. The van der Waals surface area contributed by atoms with Crippen LogP contribution in [0.2, 0.25) is 0 Å². The van der Waals surface area contributed by atoms with E-state index < -0.39 is 5.60 Å². The minimum absolute atomic E-state index is 0.469. The van der Waals surface area contributed by atoms with E-state index in [-0.39, 0.29) is 0 Å². The summed E-state index contributed by atoms with van der Waals surface area (Å²) >= 11 is 3.41. The lowest BCUT2D eigenvalue weighted by molar-refractivity contribution is 0.0522. The van der Waals surface area contributed by atoms with Crippen molar-refractivity contribution in [3.63, 3.8) is 0 Å². The normalized spacial score (nSPS) is 13.6. The first-order valence-corrected chi connectivity index (χ1v) is 7.45. The summed E-state index contributed by atoms with van der Waals surface area (Å²) in [6.45, 7) is 1.77. The molecule has 0 spiro atoms. The summed E-state index contributed by atoms with van der Waals surface area (Å²) < 4.78 is 11.8. The number of benzene rings is 2. The minimum atomic E-state index is -1.09. The zero-order valence-electron chi connectivity index (χ0n) is 12.4. The Kier molecular flexibility index (Phi) is 4.91. The molecule has 21 heavy (non-hydrogen) atoms. The van der Waals surface area contributed by atoms with E-state index in [0.717, 1.165) is 10.0 Å². The van der Waals surface area contributed by atoms with Gasteiger partial charge in [-0.15, -0.1) is 0 Å². The first kappa shape index (κ1) is 15.9. The number of rotatable bonds is 5. The zero-order valence-corrected chi connectivity index (χ0v) is 14.0. The van der Waals surface area contributed by atoms with Gasteiger partial charge in [-0.3, -0.25) is 0 Å². The molecule has 2 aromatic carbocycles. The van der Waals surface area contributed by atoms with Gasteiger partial charge in [0.05, 0.1) is 25.4 Å². The fraction of sp³-hybridized carbons (Fsp3) is 0.294. The van der Waals surface area contributed by atoms with E-state index in [9.17, 15) is 5.11 Å². The standard InChI is InChI=1S/C17H19BrO3/c1-17(19,11-12-7-9-13(18)10-8-12)16-14(20-2)5-4-6-15(16)21-3/h4-10,19H,11H2,1-3H3. The van der Waals surface area contributed by atoms with Gasteiger partial charge in [0.1, 0.15) is 11.5 Å². The van der Waals surface area contributed by atoms with Gasteiger partial charge in [0.2, 0.25) is 0 Å². The van der Waals surface area contributed by atoms with E-state index in [2.05, 4.69) is 15.9 Å². The van der Waals surface area contributed by atoms with E-state index in [1.54, 1.807) is 21.1 Å². The summed E-state index contributed by atoms with van der Waals surface area (Å²) in [6, 6.07) is 13.4. The lowest BCUT2D eigenvalue weighted by atomic mass is 9.87. The van der Waals surface area contributed by atoms with Gasteiger partial charge < -0.3 is 14.6 Å². The molecule has 4 heteroatoms. The average Bonchev–Trinajstić information content (AvgIpc) is 2.48. The maximum atomic E-state index is 11.0. The second-order valence-corrected chi connectivity index (χ2v) is 6.03. The van der Waals surface area contributed by atoms with Crippen LogP contribution in [0.3, 0.4) is 0 Å². The van der Waals surface area contributed by atoms with Gasteiger partial charge in [0.25, 0.3) is 0 Å². The summed E-state index contributed by atoms with van der Waals surface area (Å²) in [5.41, 5.74) is 0.611. The van der Waals surface area contributed by atoms with Crippen LogP contribution in [-0.2, 0) is 12.0 Å². The zero-order chi connectivity index (χ0) is 15.5. The molecule has 0 saturated carbocycles. The molecule has 0 radical (unpaired) electrons. The highest BCUT2D eigenvalue weighted by molar-refractivity contribution is 9.10. The fourth-order valence-corrected chi connectivity index (χ4v) is 2.73. The second-order valence-electron chi connectivity index (χ2n) is 5.11. The summed E-state index contributed by atoms with van der Waals surface area (Å²) in [6.07, 6.45) is 0.469. The van der Waals surface area contributed by atoms with Crippen molar-refractivity contribution in [2.45, 2.75) is 18.9 Å². The summed E-state index contributed by atoms with van der Waals surface area (Å²) in [5, 5.41) is 11.0. The van der Waals surface area contributed by atoms with Crippen molar-refractivity contribution >= 4 is 15.9 Å². The van der Waals surface area contributed by atoms with Crippen molar-refractivity contribution in [2.24, 2.45) is 0 Å². The highest BCUT2D eigenvalue weighted by Gasteiger charge is 2.30. The van der Waals surface area contributed by atoms with E-state index in [4.69, 9.17) is 9.47 Å².